The first-order valence-corrected chi connectivity index (χ1v) is 28.0. The molecule has 12 aromatic rings. The average molecular weight is 1110 g/mol. The summed E-state index contributed by atoms with van der Waals surface area (Å²) < 4.78 is 17.7. The molecule has 0 radical (unpaired) electrons. The van der Waals surface area contributed by atoms with E-state index < -0.39 is 11.9 Å². The van der Waals surface area contributed by atoms with Crippen LogP contribution in [0.25, 0.3) is 78.7 Å². The van der Waals surface area contributed by atoms with E-state index >= 15 is 0 Å². The summed E-state index contributed by atoms with van der Waals surface area (Å²) in [6.07, 6.45) is 0. The van der Waals surface area contributed by atoms with Crippen molar-refractivity contribution in [3.8, 4) is 102 Å². The van der Waals surface area contributed by atoms with E-state index in [0.29, 0.717) is 0 Å². The maximum absolute atomic E-state index is 8.89. The fourth-order valence-corrected chi connectivity index (χ4v) is 10.3. The quantitative estimate of drug-likeness (QED) is 0.100. The minimum absolute atomic E-state index is 0.277. The summed E-state index contributed by atoms with van der Waals surface area (Å²) in [5.41, 5.74) is 17.8. The van der Waals surface area contributed by atoms with E-state index in [-0.39, 0.29) is 5.41 Å². The zero-order chi connectivity index (χ0) is 59.1. The Morgan fingerprint density at radius 3 is 0.718 bits per heavy atom. The molecular formula is C77H62N2O6. The number of nitrogens with zero attached hydrogens (tertiary/aromatic N) is 2. The lowest BCUT2D eigenvalue weighted by molar-refractivity contribution is -0.572. The highest BCUT2D eigenvalue weighted by Gasteiger charge is 2.28. The number of carboxylic acid groups (broad SMARTS) is 2. The molecule has 416 valence electrons. The lowest BCUT2D eigenvalue weighted by Gasteiger charge is -2.26. The molecule has 0 saturated heterocycles. The van der Waals surface area contributed by atoms with Crippen LogP contribution in [0.1, 0.15) is 38.8 Å². The van der Waals surface area contributed by atoms with Gasteiger partial charge in [-0.1, -0.05) is 172 Å². The molecule has 10 aromatic carbocycles. The molecule has 0 aliphatic rings. The van der Waals surface area contributed by atoms with Gasteiger partial charge in [0.2, 0.25) is 34.2 Å². The zero-order valence-electron chi connectivity index (χ0n) is 47.7. The van der Waals surface area contributed by atoms with Crippen LogP contribution in [0.4, 0.5) is 0 Å². The van der Waals surface area contributed by atoms with Crippen LogP contribution in [-0.2, 0) is 15.0 Å². The Morgan fingerprint density at radius 2 is 0.494 bits per heavy atom. The Kier molecular flexibility index (Phi) is 18.0. The number of hydrogen-bond acceptors (Lipinski definition) is 6. The van der Waals surface area contributed by atoms with Crippen molar-refractivity contribution in [2.75, 3.05) is 0 Å². The first kappa shape index (κ1) is 57.3. The monoisotopic (exact) mass is 1110 g/mol. The summed E-state index contributed by atoms with van der Waals surface area (Å²) in [7, 11) is 0. The molecule has 0 fully saturated rings. The van der Waals surface area contributed by atoms with Crippen LogP contribution in [-0.4, -0.2) is 11.9 Å². The molecular weight excluding hydrogens is 1050 g/mol. The summed E-state index contributed by atoms with van der Waals surface area (Å²) in [6, 6.07) is 107. The molecule has 8 heteroatoms. The van der Waals surface area contributed by atoms with Crippen LogP contribution in [0.3, 0.4) is 0 Å². The molecule has 85 heavy (non-hydrogen) atoms. The number of aromatic nitrogens is 2. The molecule has 0 spiro atoms. The number of hydrogen-bond donors (Lipinski definition) is 0. The molecule has 8 nitrogen and oxygen atoms in total. The van der Waals surface area contributed by atoms with Crippen LogP contribution in [0.5, 0.6) is 23.0 Å². The second-order valence-electron chi connectivity index (χ2n) is 20.7. The summed E-state index contributed by atoms with van der Waals surface area (Å²) in [5.74, 6) is 0.911. The Hall–Kier alpha value is -11.0. The van der Waals surface area contributed by atoms with E-state index in [1.54, 1.807) is 0 Å². The normalized spacial score (nSPS) is 10.8. The third kappa shape index (κ3) is 14.2. The van der Waals surface area contributed by atoms with Crippen molar-refractivity contribution in [1.29, 1.82) is 0 Å². The molecule has 2 heterocycles. The highest BCUT2D eigenvalue weighted by Crippen LogP contribution is 2.37. The van der Waals surface area contributed by atoms with Crippen molar-refractivity contribution in [2.45, 2.75) is 33.1 Å². The summed E-state index contributed by atoms with van der Waals surface area (Å²) in [6.45, 7) is 6.45. The molecule has 0 atom stereocenters. The minimum Gasteiger partial charge on any atom is -0.550 e. The molecule has 0 N–H and O–H groups in total. The van der Waals surface area contributed by atoms with E-state index in [2.05, 4.69) is 326 Å². The summed E-state index contributed by atoms with van der Waals surface area (Å²) in [5, 5.41) is 17.8. The second kappa shape index (κ2) is 26.7. The molecule has 0 bridgehead atoms. The van der Waals surface area contributed by atoms with Gasteiger partial charge in [0.1, 0.15) is 23.0 Å². The lowest BCUT2D eigenvalue weighted by Crippen LogP contribution is -2.36. The van der Waals surface area contributed by atoms with Gasteiger partial charge in [-0.3, -0.25) is 0 Å². The highest BCUT2D eigenvalue weighted by molar-refractivity contribution is 5.76. The third-order valence-corrected chi connectivity index (χ3v) is 14.4. The molecule has 0 amide bonds. The fraction of sp³-hybridized carbons (Fsp3) is 0.0649. The Bertz CT molecular complexity index is 3740. The van der Waals surface area contributed by atoms with Crippen molar-refractivity contribution >= 4 is 11.9 Å². The van der Waals surface area contributed by atoms with Crippen LogP contribution in [0.15, 0.2) is 303 Å². The largest absolute Gasteiger partial charge is 0.550 e. The SMILES string of the molecule is CC(=O)[O-].CC(=O)[O-].CC(C)(c1ccc(Oc2ccc(-[n+]3c(-c4ccccc4)cc(-c4ccccc4)cc3-c3ccccc3)cc2)cc1)c1ccc(Oc2ccc(-[n+]3c(-c4ccccc4)cc(-c4ccccc4)cc3-c3ccccc3)cc2)cc1. The Morgan fingerprint density at radius 1 is 0.294 bits per heavy atom. The second-order valence-corrected chi connectivity index (χ2v) is 20.7. The van der Waals surface area contributed by atoms with E-state index in [1.807, 2.05) is 0 Å². The molecule has 12 rings (SSSR count). The van der Waals surface area contributed by atoms with Crippen LogP contribution < -0.4 is 28.8 Å². The number of carboxylic acids is 2. The number of carbonyl (C=O) groups excluding carboxylic acids is 2. The Labute approximate surface area is 497 Å². The average Bonchev–Trinajstić information content (AvgIpc) is 1.82. The van der Waals surface area contributed by atoms with Gasteiger partial charge < -0.3 is 29.3 Å². The van der Waals surface area contributed by atoms with Gasteiger partial charge >= 0.3 is 0 Å². The Balaban J connectivity index is 0.000000946. The van der Waals surface area contributed by atoms with Gasteiger partial charge in [0.05, 0.1) is 0 Å². The maximum Gasteiger partial charge on any atom is 0.219 e. The predicted molar refractivity (Wildman–Crippen MR) is 335 cm³/mol. The van der Waals surface area contributed by atoms with Crippen molar-refractivity contribution in [3.63, 3.8) is 0 Å². The molecule has 0 saturated carbocycles. The summed E-state index contributed by atoms with van der Waals surface area (Å²) >= 11 is 0. The van der Waals surface area contributed by atoms with Gasteiger partial charge in [-0.15, -0.1) is 0 Å². The predicted octanol–water partition coefficient (Wildman–Crippen LogP) is 15.7. The summed E-state index contributed by atoms with van der Waals surface area (Å²) in [4.78, 5) is 17.8. The third-order valence-electron chi connectivity index (χ3n) is 14.4. The van der Waals surface area contributed by atoms with Gasteiger partial charge in [-0.05, 0) is 144 Å². The number of aliphatic carboxylic acids is 2. The number of rotatable bonds is 14. The maximum atomic E-state index is 8.89. The minimum atomic E-state index is -1.08. The molecule has 0 aliphatic carbocycles. The molecule has 0 unspecified atom stereocenters. The number of benzene rings is 10. The van der Waals surface area contributed by atoms with Crippen molar-refractivity contribution in [3.05, 3.63) is 314 Å². The highest BCUT2D eigenvalue weighted by atomic mass is 16.5. The van der Waals surface area contributed by atoms with Crippen LogP contribution in [0.2, 0.25) is 0 Å². The van der Waals surface area contributed by atoms with E-state index in [4.69, 9.17) is 29.3 Å². The fourth-order valence-electron chi connectivity index (χ4n) is 10.3. The molecule has 0 aliphatic heterocycles. The van der Waals surface area contributed by atoms with Crippen LogP contribution >= 0.6 is 0 Å². The van der Waals surface area contributed by atoms with Gasteiger partial charge in [0.25, 0.3) is 0 Å². The van der Waals surface area contributed by atoms with Crippen molar-refractivity contribution < 1.29 is 38.4 Å². The topological polar surface area (TPSA) is 106 Å². The standard InChI is InChI=1S/C73H56N2O2.2C2H4O2/c1-73(2,61-33-41-65(42-34-61)76-67-45-37-63(38-46-67)74-69(55-25-13-5-14-26-55)49-59(53-21-9-3-10-22-53)50-70(74)56-27-15-6-16-28-56)62-35-43-66(44-36-62)77-68-47-39-64(40-48-68)75-71(57-29-17-7-18-30-57)51-60(54-23-11-4-12-24-54)52-72(75)58-31-19-8-20-32-58;2*1-2(3)4/h3-52H,1-2H3;2*1H3,(H,3,4)/q+2;;/p-2. The van der Waals surface area contributed by atoms with Gasteiger partial charge in [0.15, 0.2) is 0 Å². The van der Waals surface area contributed by atoms with Gasteiger partial charge in [0, 0.05) is 88.1 Å². The lowest BCUT2D eigenvalue weighted by atomic mass is 9.78. The molecule has 2 aromatic heterocycles. The van der Waals surface area contributed by atoms with Crippen molar-refractivity contribution in [2.24, 2.45) is 0 Å². The zero-order valence-corrected chi connectivity index (χ0v) is 47.7. The first-order chi connectivity index (χ1) is 41.4. The van der Waals surface area contributed by atoms with E-state index in [0.717, 1.165) is 104 Å². The van der Waals surface area contributed by atoms with E-state index in [9.17, 15) is 0 Å². The van der Waals surface area contributed by atoms with Crippen molar-refractivity contribution in [1.82, 2.24) is 0 Å². The number of ether oxygens (including phenoxy) is 2. The van der Waals surface area contributed by atoms with Crippen LogP contribution in [0, 0.1) is 0 Å². The van der Waals surface area contributed by atoms with E-state index in [1.165, 1.54) is 22.3 Å². The van der Waals surface area contributed by atoms with Gasteiger partial charge in [-0.25, -0.2) is 0 Å². The smallest absolute Gasteiger partial charge is 0.219 e. The first-order valence-electron chi connectivity index (χ1n) is 28.0. The van der Waals surface area contributed by atoms with Gasteiger partial charge in [-0.2, -0.15) is 9.13 Å². The number of carbonyl (C=O) groups is 2. The number of pyridine rings is 2.